The molecule has 1 aliphatic heterocycles. The van der Waals surface area contributed by atoms with Crippen LogP contribution in [-0.2, 0) is 0 Å². The van der Waals surface area contributed by atoms with Crippen molar-refractivity contribution in [3.63, 3.8) is 0 Å². The van der Waals surface area contributed by atoms with Crippen LogP contribution in [0.5, 0.6) is 17.2 Å². The molecule has 0 fully saturated rings. The van der Waals surface area contributed by atoms with E-state index in [0.29, 0.717) is 0 Å². The monoisotopic (exact) mass is 656 g/mol. The zero-order chi connectivity index (χ0) is 34.1. The van der Waals surface area contributed by atoms with Gasteiger partial charge < -0.3 is 13.9 Å². The van der Waals surface area contributed by atoms with Gasteiger partial charge in [0, 0.05) is 16.3 Å². The Morgan fingerprint density at radius 1 is 0.431 bits per heavy atom. The molecule has 9 rings (SSSR count). The molecule has 0 saturated heterocycles. The molecule has 7 aromatic carbocycles. The predicted octanol–water partition coefficient (Wildman–Crippen LogP) is 13.5. The molecule has 242 valence electrons. The van der Waals surface area contributed by atoms with Gasteiger partial charge in [-0.3, -0.25) is 0 Å². The summed E-state index contributed by atoms with van der Waals surface area (Å²) in [5.41, 5.74) is 12.6. The Bertz CT molecular complexity index is 2670. The van der Waals surface area contributed by atoms with Gasteiger partial charge in [0.2, 0.25) is 0 Å². The van der Waals surface area contributed by atoms with E-state index in [-0.39, 0.29) is 0 Å². The normalized spacial score (nSPS) is 13.6. The minimum absolute atomic E-state index is 0.777. The van der Waals surface area contributed by atoms with Gasteiger partial charge in [-0.1, -0.05) is 110 Å². The van der Waals surface area contributed by atoms with Crippen LogP contribution in [0.15, 0.2) is 193 Å². The number of ether oxygens (including phenoxy) is 2. The van der Waals surface area contributed by atoms with Crippen LogP contribution in [-0.4, -0.2) is 0 Å². The van der Waals surface area contributed by atoms with Crippen molar-refractivity contribution in [2.75, 3.05) is 0 Å². The van der Waals surface area contributed by atoms with Gasteiger partial charge in [-0.25, -0.2) is 0 Å². The molecule has 0 bridgehead atoms. The Kier molecular flexibility index (Phi) is 7.64. The molecular weight excluding hydrogens is 625 g/mol. The lowest BCUT2D eigenvalue weighted by molar-refractivity contribution is 0.479. The summed E-state index contributed by atoms with van der Waals surface area (Å²) < 4.78 is 18.3. The summed E-state index contributed by atoms with van der Waals surface area (Å²) >= 11 is 0. The van der Waals surface area contributed by atoms with Crippen LogP contribution < -0.4 is 9.47 Å². The first-order chi connectivity index (χ1) is 25.1. The van der Waals surface area contributed by atoms with Gasteiger partial charge in [-0.05, 0) is 123 Å². The van der Waals surface area contributed by atoms with Crippen LogP contribution in [0.4, 0.5) is 0 Å². The molecule has 0 saturated carbocycles. The second-order valence-electron chi connectivity index (χ2n) is 12.7. The number of rotatable bonds is 6. The smallest absolute Gasteiger partial charge is 0.135 e. The fourth-order valence-electron chi connectivity index (χ4n) is 6.76. The minimum atomic E-state index is 0.777. The summed E-state index contributed by atoms with van der Waals surface area (Å²) in [6, 6.07) is 54.6. The molecule has 51 heavy (non-hydrogen) atoms. The van der Waals surface area contributed by atoms with Gasteiger partial charge >= 0.3 is 0 Å². The maximum atomic E-state index is 6.46. The quantitative estimate of drug-likeness (QED) is 0.178. The van der Waals surface area contributed by atoms with Crippen molar-refractivity contribution in [1.82, 2.24) is 0 Å². The van der Waals surface area contributed by atoms with Crippen LogP contribution in [0, 0.1) is 0 Å². The molecular formula is C48H32O3. The first-order valence-electron chi connectivity index (χ1n) is 17.0. The van der Waals surface area contributed by atoms with Crippen LogP contribution >= 0.6 is 0 Å². The van der Waals surface area contributed by atoms with Gasteiger partial charge in [0.25, 0.3) is 0 Å². The van der Waals surface area contributed by atoms with Gasteiger partial charge in [0.05, 0.1) is 6.26 Å². The summed E-state index contributed by atoms with van der Waals surface area (Å²) in [5.74, 6) is 2.35. The van der Waals surface area contributed by atoms with Gasteiger partial charge in [-0.2, -0.15) is 0 Å². The predicted molar refractivity (Wildman–Crippen MR) is 210 cm³/mol. The molecule has 2 heterocycles. The van der Waals surface area contributed by atoms with Gasteiger partial charge in [0.1, 0.15) is 28.4 Å². The molecule has 0 aliphatic carbocycles. The molecule has 1 aromatic heterocycles. The highest BCUT2D eigenvalue weighted by Crippen LogP contribution is 2.37. The number of hydrogen-bond acceptors (Lipinski definition) is 3. The standard InChI is InChI=1S/C48H32O3/c1-32-10-4-5-25-49-46-23-21-39(30-44(32)46)35-13-6-11-33(26-35)37-15-8-17-41(28-37)50-42-18-9-16-38(29-42)34-12-7-14-36(27-34)40-22-24-48-45(31-40)43-19-2-3-20-47(43)51-48/h2-31H,1H2/b10-4-,25-5-. The Morgan fingerprint density at radius 2 is 0.980 bits per heavy atom. The average molecular weight is 657 g/mol. The van der Waals surface area contributed by atoms with Crippen LogP contribution in [0.3, 0.4) is 0 Å². The van der Waals surface area contributed by atoms with E-state index in [4.69, 9.17) is 13.9 Å². The van der Waals surface area contributed by atoms with Gasteiger partial charge in [0.15, 0.2) is 0 Å². The van der Waals surface area contributed by atoms with Crippen molar-refractivity contribution >= 4 is 27.5 Å². The Morgan fingerprint density at radius 3 is 1.67 bits per heavy atom. The Labute approximate surface area is 296 Å². The highest BCUT2D eigenvalue weighted by atomic mass is 16.5. The highest BCUT2D eigenvalue weighted by molar-refractivity contribution is 6.06. The Balaban J connectivity index is 0.969. The van der Waals surface area contributed by atoms with E-state index in [1.54, 1.807) is 6.26 Å². The fraction of sp³-hybridized carbons (Fsp3) is 0. The van der Waals surface area contributed by atoms with Crippen molar-refractivity contribution in [2.45, 2.75) is 0 Å². The third kappa shape index (κ3) is 6.03. The van der Waals surface area contributed by atoms with E-state index in [0.717, 1.165) is 94.8 Å². The third-order valence-corrected chi connectivity index (χ3v) is 9.35. The van der Waals surface area contributed by atoms with E-state index in [1.165, 1.54) is 0 Å². The number of furan rings is 1. The van der Waals surface area contributed by atoms with E-state index in [9.17, 15) is 0 Å². The molecule has 0 radical (unpaired) electrons. The van der Waals surface area contributed by atoms with Crippen molar-refractivity contribution in [3.8, 4) is 61.8 Å². The number of allylic oxidation sites excluding steroid dienone is 4. The van der Waals surface area contributed by atoms with Gasteiger partial charge in [-0.15, -0.1) is 0 Å². The van der Waals surface area contributed by atoms with Crippen molar-refractivity contribution in [2.24, 2.45) is 0 Å². The third-order valence-electron chi connectivity index (χ3n) is 9.35. The second kappa shape index (κ2) is 12.9. The van der Waals surface area contributed by atoms with Crippen molar-refractivity contribution in [1.29, 1.82) is 0 Å². The van der Waals surface area contributed by atoms with E-state index in [2.05, 4.69) is 122 Å². The summed E-state index contributed by atoms with van der Waals surface area (Å²) in [6.45, 7) is 4.24. The fourth-order valence-corrected chi connectivity index (χ4v) is 6.76. The molecule has 0 amide bonds. The summed E-state index contributed by atoms with van der Waals surface area (Å²) in [6.07, 6.45) is 7.50. The lowest BCUT2D eigenvalue weighted by Crippen LogP contribution is -1.92. The van der Waals surface area contributed by atoms with Crippen LogP contribution in [0.2, 0.25) is 0 Å². The van der Waals surface area contributed by atoms with Crippen LogP contribution in [0.1, 0.15) is 5.56 Å². The molecule has 8 aromatic rings. The highest BCUT2D eigenvalue weighted by Gasteiger charge is 2.12. The maximum Gasteiger partial charge on any atom is 0.135 e. The van der Waals surface area contributed by atoms with E-state index in [1.807, 2.05) is 60.7 Å². The molecule has 0 N–H and O–H groups in total. The molecule has 3 nitrogen and oxygen atoms in total. The topological polar surface area (TPSA) is 31.6 Å². The largest absolute Gasteiger partial charge is 0.464 e. The van der Waals surface area contributed by atoms with Crippen LogP contribution in [0.25, 0.3) is 72.0 Å². The number of fused-ring (bicyclic) bond motifs is 4. The maximum absolute atomic E-state index is 6.46. The SMILES string of the molecule is C=C1/C=C\C=C/Oc2ccc(-c3cccc(-c4cccc(Oc5cccc(-c6cccc(-c7ccc8oc9ccccc9c8c7)c6)c5)c4)c3)cc21. The van der Waals surface area contributed by atoms with E-state index >= 15 is 0 Å². The second-order valence-corrected chi connectivity index (χ2v) is 12.7. The lowest BCUT2D eigenvalue weighted by Gasteiger charge is -2.14. The molecule has 0 spiro atoms. The Hall–Kier alpha value is -6.84. The lowest BCUT2D eigenvalue weighted by atomic mass is 9.95. The summed E-state index contributed by atoms with van der Waals surface area (Å²) in [5, 5.41) is 2.25. The average Bonchev–Trinajstić information content (AvgIpc) is 3.55. The van der Waals surface area contributed by atoms with Crippen molar-refractivity contribution < 1.29 is 13.9 Å². The number of hydrogen-bond donors (Lipinski definition) is 0. The summed E-state index contributed by atoms with van der Waals surface area (Å²) in [4.78, 5) is 0. The zero-order valence-electron chi connectivity index (χ0n) is 27.8. The molecule has 3 heteroatoms. The minimum Gasteiger partial charge on any atom is -0.464 e. The van der Waals surface area contributed by atoms with E-state index < -0.39 is 0 Å². The van der Waals surface area contributed by atoms with Crippen molar-refractivity contribution in [3.05, 3.63) is 194 Å². The molecule has 0 atom stereocenters. The first kappa shape index (κ1) is 30.2. The zero-order valence-corrected chi connectivity index (χ0v) is 27.8. The number of para-hydroxylation sites is 1. The molecule has 0 unspecified atom stereocenters. The number of benzene rings is 7. The molecule has 1 aliphatic rings. The summed E-state index contributed by atoms with van der Waals surface area (Å²) in [7, 11) is 0. The first-order valence-corrected chi connectivity index (χ1v) is 17.0.